The third-order valence-electron chi connectivity index (χ3n) is 1.96. The quantitative estimate of drug-likeness (QED) is 0.691. The Bertz CT molecular complexity index is 368. The van der Waals surface area contributed by atoms with Gasteiger partial charge in [0.2, 0.25) is 0 Å². The Labute approximate surface area is 86.1 Å². The number of carbonyl (C=O) groups is 1. The first-order valence-corrected chi connectivity index (χ1v) is 4.39. The topological polar surface area (TPSA) is 83.5 Å². The second-order valence-corrected chi connectivity index (χ2v) is 3.29. The Hall–Kier alpha value is -1.62. The minimum Gasteiger partial charge on any atom is -0.508 e. The van der Waals surface area contributed by atoms with Gasteiger partial charge in [-0.15, -0.1) is 0 Å². The summed E-state index contributed by atoms with van der Waals surface area (Å²) in [6, 6.07) is 3.11. The van der Waals surface area contributed by atoms with Crippen LogP contribution < -0.4 is 5.73 Å². The first-order chi connectivity index (χ1) is 7.02. The predicted octanol–water partition coefficient (Wildman–Crippen LogP) is 0.816. The number of alkyl halides is 1. The van der Waals surface area contributed by atoms with Crippen molar-refractivity contribution in [3.8, 4) is 5.75 Å². The third kappa shape index (κ3) is 3.21. The number of phenolic OH excluding ortho intramolecular Hbond substituents is 1. The standard InChI is InChI=1S/C10H12FNO3/c11-5-7-1-6(2-8(13)3-7)4-9(12)10(14)15/h1-3,9,13H,4-5,12H2,(H,14,15). The third-order valence-corrected chi connectivity index (χ3v) is 1.96. The molecule has 0 saturated heterocycles. The molecule has 0 spiro atoms. The first-order valence-electron chi connectivity index (χ1n) is 4.39. The maximum atomic E-state index is 12.3. The number of phenols is 1. The van der Waals surface area contributed by atoms with E-state index in [2.05, 4.69) is 0 Å². The van der Waals surface area contributed by atoms with Crippen LogP contribution in [-0.2, 0) is 17.9 Å². The van der Waals surface area contributed by atoms with E-state index in [0.29, 0.717) is 11.1 Å². The smallest absolute Gasteiger partial charge is 0.320 e. The number of benzene rings is 1. The fourth-order valence-corrected chi connectivity index (χ4v) is 1.28. The van der Waals surface area contributed by atoms with Crippen LogP contribution in [0.5, 0.6) is 5.75 Å². The van der Waals surface area contributed by atoms with Crippen LogP contribution in [0, 0.1) is 0 Å². The molecule has 0 bridgehead atoms. The summed E-state index contributed by atoms with van der Waals surface area (Å²) in [7, 11) is 0. The van der Waals surface area contributed by atoms with Crippen molar-refractivity contribution in [2.45, 2.75) is 19.1 Å². The zero-order valence-electron chi connectivity index (χ0n) is 7.98. The van der Waals surface area contributed by atoms with Crippen LogP contribution in [0.3, 0.4) is 0 Å². The van der Waals surface area contributed by atoms with Gasteiger partial charge in [-0.25, -0.2) is 4.39 Å². The summed E-state index contributed by atoms with van der Waals surface area (Å²) in [6.07, 6.45) is 0.0662. The van der Waals surface area contributed by atoms with E-state index in [0.717, 1.165) is 0 Å². The van der Waals surface area contributed by atoms with Gasteiger partial charge in [-0.2, -0.15) is 0 Å². The van der Waals surface area contributed by atoms with Crippen LogP contribution in [0.25, 0.3) is 0 Å². The molecular weight excluding hydrogens is 201 g/mol. The van der Waals surface area contributed by atoms with Gasteiger partial charge >= 0.3 is 5.97 Å². The molecule has 15 heavy (non-hydrogen) atoms. The summed E-state index contributed by atoms with van der Waals surface area (Å²) >= 11 is 0. The van der Waals surface area contributed by atoms with Crippen molar-refractivity contribution in [2.24, 2.45) is 5.73 Å². The summed E-state index contributed by atoms with van der Waals surface area (Å²) < 4.78 is 12.3. The Balaban J connectivity index is 2.85. The maximum absolute atomic E-state index is 12.3. The molecule has 0 saturated carbocycles. The zero-order valence-corrected chi connectivity index (χ0v) is 7.98. The number of rotatable bonds is 4. The highest BCUT2D eigenvalue weighted by Gasteiger charge is 2.12. The van der Waals surface area contributed by atoms with Gasteiger partial charge in [0.15, 0.2) is 0 Å². The molecular formula is C10H12FNO3. The molecule has 0 aliphatic rings. The average Bonchev–Trinajstić information content (AvgIpc) is 2.16. The van der Waals surface area contributed by atoms with E-state index in [1.807, 2.05) is 0 Å². The molecule has 1 aromatic carbocycles. The molecule has 1 aromatic rings. The van der Waals surface area contributed by atoms with Gasteiger partial charge in [0.25, 0.3) is 0 Å². The van der Waals surface area contributed by atoms with Gasteiger partial charge in [-0.3, -0.25) is 4.79 Å². The second-order valence-electron chi connectivity index (χ2n) is 3.29. The molecule has 5 heteroatoms. The van der Waals surface area contributed by atoms with Crippen LogP contribution >= 0.6 is 0 Å². The van der Waals surface area contributed by atoms with E-state index in [-0.39, 0.29) is 12.2 Å². The van der Waals surface area contributed by atoms with Crippen molar-refractivity contribution in [1.82, 2.24) is 0 Å². The Morgan fingerprint density at radius 1 is 1.40 bits per heavy atom. The summed E-state index contributed by atoms with van der Waals surface area (Å²) in [5.41, 5.74) is 6.13. The van der Waals surface area contributed by atoms with Gasteiger partial charge < -0.3 is 15.9 Å². The molecule has 0 amide bonds. The molecule has 0 radical (unpaired) electrons. The normalized spacial score (nSPS) is 12.4. The van der Waals surface area contributed by atoms with Crippen LogP contribution in [0.4, 0.5) is 4.39 Å². The van der Waals surface area contributed by atoms with Crippen molar-refractivity contribution in [3.05, 3.63) is 29.3 Å². The Kier molecular flexibility index (Phi) is 3.62. The van der Waals surface area contributed by atoms with E-state index in [9.17, 15) is 14.3 Å². The first kappa shape index (κ1) is 11.5. The SMILES string of the molecule is NC(Cc1cc(O)cc(CF)c1)C(=O)O. The molecule has 82 valence electrons. The largest absolute Gasteiger partial charge is 0.508 e. The second kappa shape index (κ2) is 4.75. The number of halogens is 1. The average molecular weight is 213 g/mol. The molecule has 1 rings (SSSR count). The van der Waals surface area contributed by atoms with Gasteiger partial charge in [-0.1, -0.05) is 6.07 Å². The van der Waals surface area contributed by atoms with Crippen LogP contribution in [0.15, 0.2) is 18.2 Å². The lowest BCUT2D eigenvalue weighted by Crippen LogP contribution is -2.32. The number of aromatic hydroxyl groups is 1. The van der Waals surface area contributed by atoms with Crippen LogP contribution in [-0.4, -0.2) is 22.2 Å². The van der Waals surface area contributed by atoms with Gasteiger partial charge in [0, 0.05) is 0 Å². The Morgan fingerprint density at radius 3 is 2.53 bits per heavy atom. The van der Waals surface area contributed by atoms with Gasteiger partial charge in [0.1, 0.15) is 18.5 Å². The lowest BCUT2D eigenvalue weighted by molar-refractivity contribution is -0.138. The van der Waals surface area contributed by atoms with E-state index in [1.165, 1.54) is 18.2 Å². The molecule has 1 atom stereocenters. The number of aliphatic carboxylic acids is 1. The molecule has 4 nitrogen and oxygen atoms in total. The molecule has 1 unspecified atom stereocenters. The zero-order chi connectivity index (χ0) is 11.4. The van der Waals surface area contributed by atoms with Crippen molar-refractivity contribution in [3.63, 3.8) is 0 Å². The lowest BCUT2D eigenvalue weighted by atomic mass is 10.0. The number of hydrogen-bond acceptors (Lipinski definition) is 3. The summed E-state index contributed by atoms with van der Waals surface area (Å²) in [4.78, 5) is 10.5. The lowest BCUT2D eigenvalue weighted by Gasteiger charge is -2.08. The molecule has 4 N–H and O–H groups in total. The van der Waals surface area contributed by atoms with E-state index in [1.54, 1.807) is 0 Å². The van der Waals surface area contributed by atoms with E-state index < -0.39 is 18.7 Å². The fourth-order valence-electron chi connectivity index (χ4n) is 1.28. The van der Waals surface area contributed by atoms with Gasteiger partial charge in [0.05, 0.1) is 0 Å². The molecule has 0 heterocycles. The molecule has 0 fully saturated rings. The summed E-state index contributed by atoms with van der Waals surface area (Å²) in [5, 5.41) is 17.8. The van der Waals surface area contributed by atoms with Crippen LogP contribution in [0.2, 0.25) is 0 Å². The maximum Gasteiger partial charge on any atom is 0.320 e. The molecule has 0 aromatic heterocycles. The summed E-state index contributed by atoms with van der Waals surface area (Å²) in [6.45, 7) is -0.705. The minimum atomic E-state index is -1.12. The molecule has 0 aliphatic heterocycles. The Morgan fingerprint density at radius 2 is 2.00 bits per heavy atom. The highest BCUT2D eigenvalue weighted by molar-refractivity contribution is 5.73. The van der Waals surface area contributed by atoms with Crippen molar-refractivity contribution >= 4 is 5.97 Å². The van der Waals surface area contributed by atoms with Gasteiger partial charge in [-0.05, 0) is 29.7 Å². The van der Waals surface area contributed by atoms with Crippen LogP contribution in [0.1, 0.15) is 11.1 Å². The fraction of sp³-hybridized carbons (Fsp3) is 0.300. The number of nitrogens with two attached hydrogens (primary N) is 1. The number of hydrogen-bond donors (Lipinski definition) is 3. The van der Waals surface area contributed by atoms with Crippen molar-refractivity contribution < 1.29 is 19.4 Å². The highest BCUT2D eigenvalue weighted by atomic mass is 19.1. The predicted molar refractivity (Wildman–Crippen MR) is 52.2 cm³/mol. The van der Waals surface area contributed by atoms with E-state index in [4.69, 9.17) is 10.8 Å². The molecule has 0 aliphatic carbocycles. The summed E-state index contributed by atoms with van der Waals surface area (Å²) in [5.74, 6) is -1.21. The minimum absolute atomic E-state index is 0.0662. The monoisotopic (exact) mass is 213 g/mol. The van der Waals surface area contributed by atoms with Crippen molar-refractivity contribution in [1.29, 1.82) is 0 Å². The highest BCUT2D eigenvalue weighted by Crippen LogP contribution is 2.17. The van der Waals surface area contributed by atoms with Crippen molar-refractivity contribution in [2.75, 3.05) is 0 Å². The number of carboxylic acids is 1. The number of carboxylic acid groups (broad SMARTS) is 1. The van der Waals surface area contributed by atoms with E-state index >= 15 is 0 Å².